The van der Waals surface area contributed by atoms with Crippen LogP contribution in [0.1, 0.15) is 16.9 Å². The van der Waals surface area contributed by atoms with Gasteiger partial charge in [0.1, 0.15) is 5.69 Å². The fourth-order valence-corrected chi connectivity index (χ4v) is 3.31. The standard InChI is InChI=1S/C9H11N3O4S/c13-8-2-1-7(11-12-8)9(14)10-6-3-4-17(15,16)5-6/h1-2,6H,3-5H2,(H,10,14)(H,12,13)/t6-/m0/s1. The summed E-state index contributed by atoms with van der Waals surface area (Å²) in [6, 6.07) is 2.10. The van der Waals surface area contributed by atoms with E-state index in [4.69, 9.17) is 0 Å². The highest BCUT2D eigenvalue weighted by Gasteiger charge is 2.29. The van der Waals surface area contributed by atoms with Gasteiger partial charge in [-0.2, -0.15) is 5.10 Å². The molecule has 2 heterocycles. The number of nitrogens with one attached hydrogen (secondary N) is 2. The Bertz CT molecular complexity index is 572. The lowest BCUT2D eigenvalue weighted by Crippen LogP contribution is -2.36. The van der Waals surface area contributed by atoms with Crippen molar-refractivity contribution >= 4 is 15.7 Å². The van der Waals surface area contributed by atoms with Crippen molar-refractivity contribution in [2.45, 2.75) is 12.5 Å². The largest absolute Gasteiger partial charge is 0.347 e. The number of rotatable bonds is 2. The smallest absolute Gasteiger partial charge is 0.271 e. The van der Waals surface area contributed by atoms with E-state index in [9.17, 15) is 18.0 Å². The van der Waals surface area contributed by atoms with Crippen molar-refractivity contribution in [3.63, 3.8) is 0 Å². The molecule has 17 heavy (non-hydrogen) atoms. The highest BCUT2D eigenvalue weighted by molar-refractivity contribution is 7.91. The number of hydrogen-bond donors (Lipinski definition) is 2. The Balaban J connectivity index is 2.03. The molecule has 1 aliphatic heterocycles. The van der Waals surface area contributed by atoms with Gasteiger partial charge in [0.15, 0.2) is 9.84 Å². The molecule has 0 aromatic carbocycles. The van der Waals surface area contributed by atoms with E-state index in [2.05, 4.69) is 15.5 Å². The molecular formula is C9H11N3O4S. The van der Waals surface area contributed by atoms with E-state index in [-0.39, 0.29) is 23.2 Å². The number of carbonyl (C=O) groups excluding carboxylic acids is 1. The number of H-pyrrole nitrogens is 1. The van der Waals surface area contributed by atoms with E-state index in [0.29, 0.717) is 6.42 Å². The predicted molar refractivity (Wildman–Crippen MR) is 59.4 cm³/mol. The van der Waals surface area contributed by atoms with Crippen LogP contribution in [0.5, 0.6) is 0 Å². The Labute approximate surface area is 97.2 Å². The van der Waals surface area contributed by atoms with Gasteiger partial charge in [-0.3, -0.25) is 9.59 Å². The van der Waals surface area contributed by atoms with Crippen LogP contribution in [0.15, 0.2) is 16.9 Å². The minimum Gasteiger partial charge on any atom is -0.347 e. The van der Waals surface area contributed by atoms with Crippen LogP contribution in [-0.2, 0) is 9.84 Å². The summed E-state index contributed by atoms with van der Waals surface area (Å²) in [6.07, 6.45) is 0.414. The molecule has 92 valence electrons. The minimum atomic E-state index is -3.02. The average molecular weight is 257 g/mol. The van der Waals surface area contributed by atoms with Crippen LogP contribution in [0.3, 0.4) is 0 Å². The molecule has 1 saturated heterocycles. The molecule has 0 bridgehead atoms. The minimum absolute atomic E-state index is 0.0396. The molecule has 2 N–H and O–H groups in total. The van der Waals surface area contributed by atoms with Crippen LogP contribution in [0.25, 0.3) is 0 Å². The van der Waals surface area contributed by atoms with Crippen LogP contribution >= 0.6 is 0 Å². The quantitative estimate of drug-likeness (QED) is 0.683. The van der Waals surface area contributed by atoms with E-state index in [1.807, 2.05) is 0 Å². The van der Waals surface area contributed by atoms with Gasteiger partial charge in [-0.15, -0.1) is 0 Å². The summed E-state index contributed by atoms with van der Waals surface area (Å²) in [5.41, 5.74) is -0.334. The van der Waals surface area contributed by atoms with Crippen molar-refractivity contribution in [1.29, 1.82) is 0 Å². The van der Waals surface area contributed by atoms with Gasteiger partial charge in [0.05, 0.1) is 11.5 Å². The molecule has 1 fully saturated rings. The van der Waals surface area contributed by atoms with Crippen LogP contribution in [0, 0.1) is 0 Å². The number of amides is 1. The third-order valence-electron chi connectivity index (χ3n) is 2.48. The molecule has 7 nitrogen and oxygen atoms in total. The Kier molecular flexibility index (Phi) is 2.97. The predicted octanol–water partition coefficient (Wildman–Crippen LogP) is -1.31. The highest BCUT2D eigenvalue weighted by Crippen LogP contribution is 2.11. The van der Waals surface area contributed by atoms with Crippen molar-refractivity contribution in [2.24, 2.45) is 0 Å². The lowest BCUT2D eigenvalue weighted by molar-refractivity contribution is 0.0935. The fourth-order valence-electron chi connectivity index (χ4n) is 1.64. The van der Waals surface area contributed by atoms with Crippen molar-refractivity contribution in [3.8, 4) is 0 Å². The fraction of sp³-hybridized carbons (Fsp3) is 0.444. The van der Waals surface area contributed by atoms with Crippen molar-refractivity contribution in [1.82, 2.24) is 15.5 Å². The van der Waals surface area contributed by atoms with Gasteiger partial charge in [0, 0.05) is 12.1 Å². The van der Waals surface area contributed by atoms with Crippen LogP contribution in [0.4, 0.5) is 0 Å². The molecular weight excluding hydrogens is 246 g/mol. The second kappa shape index (κ2) is 4.28. The van der Waals surface area contributed by atoms with Gasteiger partial charge < -0.3 is 5.32 Å². The number of nitrogens with zero attached hydrogens (tertiary/aromatic N) is 1. The monoisotopic (exact) mass is 257 g/mol. The van der Waals surface area contributed by atoms with Gasteiger partial charge in [-0.25, -0.2) is 13.5 Å². The molecule has 0 radical (unpaired) electrons. The number of aromatic amines is 1. The molecule has 1 atom stereocenters. The van der Waals surface area contributed by atoms with Gasteiger partial charge in [-0.05, 0) is 12.5 Å². The zero-order valence-corrected chi connectivity index (χ0v) is 9.66. The molecule has 1 aliphatic rings. The van der Waals surface area contributed by atoms with Crippen LogP contribution < -0.4 is 10.9 Å². The van der Waals surface area contributed by atoms with Gasteiger partial charge in [0.25, 0.3) is 11.5 Å². The van der Waals surface area contributed by atoms with Crippen molar-refractivity contribution in [2.75, 3.05) is 11.5 Å². The van der Waals surface area contributed by atoms with E-state index in [0.717, 1.165) is 0 Å². The first-order valence-electron chi connectivity index (χ1n) is 5.03. The van der Waals surface area contributed by atoms with Crippen LogP contribution in [-0.4, -0.2) is 42.1 Å². The van der Waals surface area contributed by atoms with E-state index in [1.165, 1.54) is 12.1 Å². The second-order valence-electron chi connectivity index (χ2n) is 3.88. The first-order valence-corrected chi connectivity index (χ1v) is 6.85. The zero-order valence-electron chi connectivity index (χ0n) is 8.84. The summed E-state index contributed by atoms with van der Waals surface area (Å²) >= 11 is 0. The number of hydrogen-bond acceptors (Lipinski definition) is 5. The number of aromatic nitrogens is 2. The normalized spacial score (nSPS) is 22.2. The molecule has 1 aromatic rings. The third kappa shape index (κ3) is 2.90. The Hall–Kier alpha value is -1.70. The summed E-state index contributed by atoms with van der Waals surface area (Å²) in [5, 5.41) is 8.26. The van der Waals surface area contributed by atoms with E-state index >= 15 is 0 Å². The van der Waals surface area contributed by atoms with Gasteiger partial charge >= 0.3 is 0 Å². The maximum atomic E-state index is 11.6. The molecule has 8 heteroatoms. The highest BCUT2D eigenvalue weighted by atomic mass is 32.2. The molecule has 0 spiro atoms. The maximum Gasteiger partial charge on any atom is 0.271 e. The molecule has 0 aliphatic carbocycles. The molecule has 1 aromatic heterocycles. The number of sulfone groups is 1. The molecule has 2 rings (SSSR count). The SMILES string of the molecule is O=C(N[C@H]1CCS(=O)(=O)C1)c1ccc(=O)[nH]n1. The first kappa shape index (κ1) is 11.8. The van der Waals surface area contributed by atoms with E-state index in [1.54, 1.807) is 0 Å². The van der Waals surface area contributed by atoms with Crippen molar-refractivity contribution < 1.29 is 13.2 Å². The van der Waals surface area contributed by atoms with Gasteiger partial charge in [-0.1, -0.05) is 0 Å². The van der Waals surface area contributed by atoms with E-state index < -0.39 is 21.3 Å². The summed E-state index contributed by atoms with van der Waals surface area (Å²) in [5.74, 6) is -0.428. The molecule has 1 amide bonds. The lowest BCUT2D eigenvalue weighted by atomic mass is 10.2. The first-order chi connectivity index (χ1) is 7.96. The maximum absolute atomic E-state index is 11.6. The Morgan fingerprint density at radius 2 is 2.24 bits per heavy atom. The zero-order chi connectivity index (χ0) is 12.5. The molecule has 0 saturated carbocycles. The average Bonchev–Trinajstić information content (AvgIpc) is 2.59. The third-order valence-corrected chi connectivity index (χ3v) is 4.25. The Morgan fingerprint density at radius 3 is 2.76 bits per heavy atom. The van der Waals surface area contributed by atoms with Gasteiger partial charge in [0.2, 0.25) is 0 Å². The topological polar surface area (TPSA) is 109 Å². The number of carbonyl (C=O) groups is 1. The summed E-state index contributed by atoms with van der Waals surface area (Å²) in [4.78, 5) is 22.4. The van der Waals surface area contributed by atoms with Crippen LogP contribution in [0.2, 0.25) is 0 Å². The lowest BCUT2D eigenvalue weighted by Gasteiger charge is -2.09. The Morgan fingerprint density at radius 1 is 1.47 bits per heavy atom. The second-order valence-corrected chi connectivity index (χ2v) is 6.11. The summed E-state index contributed by atoms with van der Waals surface area (Å²) in [6.45, 7) is 0. The summed E-state index contributed by atoms with van der Waals surface area (Å²) < 4.78 is 22.4. The van der Waals surface area contributed by atoms with Crippen molar-refractivity contribution in [3.05, 3.63) is 28.2 Å². The molecule has 0 unspecified atom stereocenters. The summed E-state index contributed by atoms with van der Waals surface area (Å²) in [7, 11) is -3.02.